The lowest BCUT2D eigenvalue weighted by Crippen LogP contribution is -2.34. The molecule has 1 aliphatic rings. The fraction of sp³-hybridized carbons (Fsp3) is 0.600. The number of benzene rings is 1. The van der Waals surface area contributed by atoms with Crippen molar-refractivity contribution in [1.82, 2.24) is 4.90 Å². The van der Waals surface area contributed by atoms with E-state index in [1.165, 1.54) is 30.3 Å². The Morgan fingerprint density at radius 3 is 2.59 bits per heavy atom. The van der Waals surface area contributed by atoms with E-state index in [2.05, 4.69) is 0 Å². The molecule has 0 radical (unpaired) electrons. The Kier molecular flexibility index (Phi) is 10.3. The van der Waals surface area contributed by atoms with Gasteiger partial charge in [0.25, 0.3) is 0 Å². The Labute approximate surface area is 189 Å². The number of carbonyl (C=O) groups excluding carboxylic acids is 2. The summed E-state index contributed by atoms with van der Waals surface area (Å²) in [6.07, 6.45) is 5.25. The summed E-state index contributed by atoms with van der Waals surface area (Å²) < 4.78 is 34.0. The van der Waals surface area contributed by atoms with Crippen molar-refractivity contribution in [3.8, 4) is 0 Å². The van der Waals surface area contributed by atoms with Crippen LogP contribution in [0.25, 0.3) is 0 Å². The van der Waals surface area contributed by atoms with Crippen LogP contribution in [0.1, 0.15) is 64.4 Å². The zero-order chi connectivity index (χ0) is 23.6. The molecule has 178 valence electrons. The van der Waals surface area contributed by atoms with E-state index in [1.54, 1.807) is 11.0 Å². The normalized spacial score (nSPS) is 18.0. The van der Waals surface area contributed by atoms with E-state index in [9.17, 15) is 23.5 Å². The summed E-state index contributed by atoms with van der Waals surface area (Å²) in [5, 5.41) is 10.1. The van der Waals surface area contributed by atoms with Crippen LogP contribution in [0.4, 0.5) is 8.78 Å². The van der Waals surface area contributed by atoms with E-state index in [0.29, 0.717) is 38.3 Å². The average molecular weight is 452 g/mol. The summed E-state index contributed by atoms with van der Waals surface area (Å²) in [6, 6.07) is 6.94. The monoisotopic (exact) mass is 451 g/mol. The van der Waals surface area contributed by atoms with Crippen molar-refractivity contribution >= 4 is 11.9 Å². The summed E-state index contributed by atoms with van der Waals surface area (Å²) in [6.45, 7) is 4.96. The van der Waals surface area contributed by atoms with Crippen LogP contribution in [0.15, 0.2) is 42.5 Å². The van der Waals surface area contributed by atoms with Crippen molar-refractivity contribution in [2.75, 3.05) is 13.2 Å². The van der Waals surface area contributed by atoms with E-state index in [0.717, 1.165) is 31.8 Å². The first-order valence-corrected chi connectivity index (χ1v) is 11.5. The minimum absolute atomic E-state index is 0.00113. The second kappa shape index (κ2) is 12.7. The Balaban J connectivity index is 1.75. The van der Waals surface area contributed by atoms with E-state index in [4.69, 9.17) is 4.74 Å². The molecule has 0 bridgehead atoms. The second-order valence-corrected chi connectivity index (χ2v) is 8.75. The summed E-state index contributed by atoms with van der Waals surface area (Å²) in [5.41, 5.74) is -0.246. The standard InChI is InChI=1S/C25H35F2NO4/c1-19(2)18-32-24(31)12-8-3-4-9-17-28-21(14-16-23(28)30)13-15-22(29)25(26,27)20-10-6-5-7-11-20/h5-7,10-11,13,15,19,21-22,29H,3-4,8-9,12,14,16-18H2,1-2H3/b15-13+/t21-,22+/m0/s1. The van der Waals surface area contributed by atoms with Crippen molar-refractivity contribution in [1.29, 1.82) is 0 Å². The molecule has 1 saturated heterocycles. The number of carbonyl (C=O) groups is 2. The van der Waals surface area contributed by atoms with Gasteiger partial charge in [-0.3, -0.25) is 9.59 Å². The first-order valence-electron chi connectivity index (χ1n) is 11.5. The van der Waals surface area contributed by atoms with Gasteiger partial charge in [-0.15, -0.1) is 0 Å². The lowest BCUT2D eigenvalue weighted by Gasteiger charge is -2.24. The number of nitrogens with zero attached hydrogens (tertiary/aromatic N) is 1. The van der Waals surface area contributed by atoms with Gasteiger partial charge in [0.15, 0.2) is 0 Å². The van der Waals surface area contributed by atoms with E-state index in [-0.39, 0.29) is 23.5 Å². The van der Waals surface area contributed by atoms with Gasteiger partial charge in [-0.1, -0.05) is 69.2 Å². The highest BCUT2D eigenvalue weighted by atomic mass is 19.3. The maximum Gasteiger partial charge on any atom is 0.305 e. The van der Waals surface area contributed by atoms with Crippen LogP contribution < -0.4 is 0 Å². The predicted octanol–water partition coefficient (Wildman–Crippen LogP) is 4.84. The molecule has 0 spiro atoms. The molecule has 7 heteroatoms. The molecule has 1 heterocycles. The molecule has 0 aromatic heterocycles. The highest BCUT2D eigenvalue weighted by molar-refractivity contribution is 5.79. The molecule has 1 aromatic rings. The Hall–Kier alpha value is -2.28. The minimum atomic E-state index is -3.40. The topological polar surface area (TPSA) is 66.8 Å². The Morgan fingerprint density at radius 2 is 1.91 bits per heavy atom. The first-order chi connectivity index (χ1) is 15.2. The van der Waals surface area contributed by atoms with Gasteiger partial charge in [0.2, 0.25) is 5.91 Å². The van der Waals surface area contributed by atoms with Crippen molar-refractivity contribution in [3.05, 3.63) is 48.0 Å². The van der Waals surface area contributed by atoms with Gasteiger partial charge >= 0.3 is 11.9 Å². The van der Waals surface area contributed by atoms with Gasteiger partial charge in [-0.2, -0.15) is 8.78 Å². The number of esters is 1. The number of halogens is 2. The van der Waals surface area contributed by atoms with Crippen LogP contribution in [-0.2, 0) is 20.2 Å². The summed E-state index contributed by atoms with van der Waals surface area (Å²) >= 11 is 0. The molecule has 1 fully saturated rings. The Bertz CT molecular complexity index is 752. The van der Waals surface area contributed by atoms with Gasteiger partial charge in [0.05, 0.1) is 12.6 Å². The maximum absolute atomic E-state index is 14.4. The van der Waals surface area contributed by atoms with Gasteiger partial charge in [-0.25, -0.2) is 0 Å². The minimum Gasteiger partial charge on any atom is -0.465 e. The smallest absolute Gasteiger partial charge is 0.305 e. The molecule has 1 N–H and O–H groups in total. The van der Waals surface area contributed by atoms with Crippen LogP contribution in [0.2, 0.25) is 0 Å². The van der Waals surface area contributed by atoms with Crippen LogP contribution in [-0.4, -0.2) is 47.2 Å². The molecule has 1 amide bonds. The number of amides is 1. The highest BCUT2D eigenvalue weighted by Crippen LogP contribution is 2.32. The number of rotatable bonds is 13. The number of hydrogen-bond donors (Lipinski definition) is 1. The fourth-order valence-corrected chi connectivity index (χ4v) is 3.67. The van der Waals surface area contributed by atoms with Crippen LogP contribution >= 0.6 is 0 Å². The van der Waals surface area contributed by atoms with E-state index < -0.39 is 12.0 Å². The molecule has 32 heavy (non-hydrogen) atoms. The Morgan fingerprint density at radius 1 is 1.22 bits per heavy atom. The number of likely N-dealkylation sites (tertiary alicyclic amines) is 1. The zero-order valence-electron chi connectivity index (χ0n) is 19.0. The third-order valence-corrected chi connectivity index (χ3v) is 5.53. The number of aliphatic hydroxyl groups excluding tert-OH is 1. The molecule has 2 atom stereocenters. The van der Waals surface area contributed by atoms with Gasteiger partial charge < -0.3 is 14.7 Å². The largest absolute Gasteiger partial charge is 0.465 e. The van der Waals surface area contributed by atoms with Crippen LogP contribution in [0.5, 0.6) is 0 Å². The quantitative estimate of drug-likeness (QED) is 0.265. The zero-order valence-corrected chi connectivity index (χ0v) is 19.0. The molecule has 2 rings (SSSR count). The second-order valence-electron chi connectivity index (χ2n) is 8.75. The summed E-state index contributed by atoms with van der Waals surface area (Å²) in [7, 11) is 0. The molecule has 1 aliphatic heterocycles. The lowest BCUT2D eigenvalue weighted by atomic mass is 10.0. The number of alkyl halides is 2. The molecular weight excluding hydrogens is 416 g/mol. The molecular formula is C25H35F2NO4. The van der Waals surface area contributed by atoms with Crippen molar-refractivity contribution < 1.29 is 28.2 Å². The number of unbranched alkanes of at least 4 members (excludes halogenated alkanes) is 3. The average Bonchev–Trinajstić information content (AvgIpc) is 3.12. The predicted molar refractivity (Wildman–Crippen MR) is 119 cm³/mol. The molecule has 0 aliphatic carbocycles. The molecule has 1 aromatic carbocycles. The number of aliphatic hydroxyl groups is 1. The first kappa shape index (κ1) is 26.0. The van der Waals surface area contributed by atoms with E-state index in [1.807, 2.05) is 13.8 Å². The van der Waals surface area contributed by atoms with Crippen molar-refractivity contribution in [3.63, 3.8) is 0 Å². The number of ether oxygens (including phenoxy) is 1. The SMILES string of the molecule is CC(C)COC(=O)CCCCCCN1C(=O)CC[C@@H]1/C=C/[C@@H](O)C(F)(F)c1ccccc1. The summed E-state index contributed by atoms with van der Waals surface area (Å²) in [5.74, 6) is -3.25. The third-order valence-electron chi connectivity index (χ3n) is 5.53. The fourth-order valence-electron chi connectivity index (χ4n) is 3.67. The summed E-state index contributed by atoms with van der Waals surface area (Å²) in [4.78, 5) is 25.5. The highest BCUT2D eigenvalue weighted by Gasteiger charge is 2.39. The molecule has 5 nitrogen and oxygen atoms in total. The van der Waals surface area contributed by atoms with E-state index >= 15 is 0 Å². The van der Waals surface area contributed by atoms with Crippen molar-refractivity contribution in [2.24, 2.45) is 5.92 Å². The molecule has 0 unspecified atom stereocenters. The van der Waals surface area contributed by atoms with Crippen LogP contribution in [0.3, 0.4) is 0 Å². The van der Waals surface area contributed by atoms with Crippen molar-refractivity contribution in [2.45, 2.75) is 76.9 Å². The van der Waals surface area contributed by atoms with Crippen LogP contribution in [0, 0.1) is 5.92 Å². The van der Waals surface area contributed by atoms with Gasteiger partial charge in [-0.05, 0) is 25.2 Å². The van der Waals surface area contributed by atoms with Gasteiger partial charge in [0.1, 0.15) is 6.10 Å². The maximum atomic E-state index is 14.4. The lowest BCUT2D eigenvalue weighted by molar-refractivity contribution is -0.144. The molecule has 0 saturated carbocycles. The number of hydrogen-bond acceptors (Lipinski definition) is 4. The van der Waals surface area contributed by atoms with Gasteiger partial charge in [0, 0.05) is 24.9 Å². The third kappa shape index (κ3) is 8.01.